The predicted molar refractivity (Wildman–Crippen MR) is 72.9 cm³/mol. The SMILES string of the molecule is Cc1cc(CC(=O)NC2CNCCC2C)n[nH]1.Cl. The first-order valence-electron chi connectivity index (χ1n) is 6.16. The molecule has 18 heavy (non-hydrogen) atoms. The minimum atomic E-state index is 0. The summed E-state index contributed by atoms with van der Waals surface area (Å²) in [7, 11) is 0. The smallest absolute Gasteiger partial charge is 0.226 e. The number of carbonyl (C=O) groups is 1. The lowest BCUT2D eigenvalue weighted by Gasteiger charge is -2.30. The third kappa shape index (κ3) is 3.99. The van der Waals surface area contributed by atoms with Gasteiger partial charge in [-0.2, -0.15) is 5.10 Å². The van der Waals surface area contributed by atoms with Gasteiger partial charge in [0.15, 0.2) is 0 Å². The maximum Gasteiger partial charge on any atom is 0.226 e. The average Bonchev–Trinajstić information content (AvgIpc) is 2.67. The number of hydrogen-bond donors (Lipinski definition) is 3. The molecule has 102 valence electrons. The monoisotopic (exact) mass is 272 g/mol. The number of hydrogen-bond acceptors (Lipinski definition) is 3. The molecular formula is C12H21ClN4O. The standard InChI is InChI=1S/C12H20N4O.ClH/c1-8-3-4-13-7-11(8)14-12(17)6-10-5-9(2)15-16-10;/h5,8,11,13H,3-4,6-7H2,1-2H3,(H,14,17)(H,15,16);1H. The molecule has 1 fully saturated rings. The fourth-order valence-electron chi connectivity index (χ4n) is 2.17. The first-order chi connectivity index (χ1) is 8.15. The van der Waals surface area contributed by atoms with Crippen LogP contribution >= 0.6 is 12.4 Å². The van der Waals surface area contributed by atoms with Crippen molar-refractivity contribution in [2.45, 2.75) is 32.7 Å². The van der Waals surface area contributed by atoms with E-state index < -0.39 is 0 Å². The molecule has 1 aromatic heterocycles. The second kappa shape index (κ2) is 6.75. The summed E-state index contributed by atoms with van der Waals surface area (Å²) in [6.07, 6.45) is 1.47. The molecule has 6 heteroatoms. The Labute approximate surface area is 114 Å². The molecular weight excluding hydrogens is 252 g/mol. The summed E-state index contributed by atoms with van der Waals surface area (Å²) in [6, 6.07) is 2.15. The van der Waals surface area contributed by atoms with Crippen LogP contribution in [0.1, 0.15) is 24.7 Å². The summed E-state index contributed by atoms with van der Waals surface area (Å²) in [5.74, 6) is 0.596. The Kier molecular flexibility index (Phi) is 5.62. The number of aromatic amines is 1. The van der Waals surface area contributed by atoms with Crippen molar-refractivity contribution in [2.75, 3.05) is 13.1 Å². The van der Waals surface area contributed by atoms with E-state index in [9.17, 15) is 4.79 Å². The molecule has 2 rings (SSSR count). The second-order valence-electron chi connectivity index (χ2n) is 4.86. The van der Waals surface area contributed by atoms with Gasteiger partial charge in [-0.05, 0) is 31.9 Å². The van der Waals surface area contributed by atoms with E-state index in [1.165, 1.54) is 0 Å². The van der Waals surface area contributed by atoms with Gasteiger partial charge in [-0.25, -0.2) is 0 Å². The van der Waals surface area contributed by atoms with E-state index >= 15 is 0 Å². The van der Waals surface area contributed by atoms with Gasteiger partial charge in [-0.15, -0.1) is 12.4 Å². The molecule has 2 atom stereocenters. The molecule has 2 unspecified atom stereocenters. The molecule has 1 aromatic rings. The molecule has 1 amide bonds. The van der Waals surface area contributed by atoms with Gasteiger partial charge < -0.3 is 10.6 Å². The van der Waals surface area contributed by atoms with E-state index in [1.54, 1.807) is 0 Å². The highest BCUT2D eigenvalue weighted by Gasteiger charge is 2.22. The molecule has 2 heterocycles. The lowest BCUT2D eigenvalue weighted by molar-refractivity contribution is -0.121. The lowest BCUT2D eigenvalue weighted by atomic mass is 9.95. The summed E-state index contributed by atoms with van der Waals surface area (Å²) in [5.41, 5.74) is 1.79. The third-order valence-electron chi connectivity index (χ3n) is 3.27. The van der Waals surface area contributed by atoms with Gasteiger partial charge in [0.2, 0.25) is 5.91 Å². The molecule has 1 aliphatic rings. The van der Waals surface area contributed by atoms with Crippen molar-refractivity contribution >= 4 is 18.3 Å². The van der Waals surface area contributed by atoms with Gasteiger partial charge in [0.1, 0.15) is 0 Å². The zero-order chi connectivity index (χ0) is 12.3. The first kappa shape index (κ1) is 15.0. The van der Waals surface area contributed by atoms with Crippen LogP contribution in [0.5, 0.6) is 0 Å². The molecule has 0 aromatic carbocycles. The van der Waals surface area contributed by atoms with Crippen LogP contribution in [-0.4, -0.2) is 35.2 Å². The fourth-order valence-corrected chi connectivity index (χ4v) is 2.17. The summed E-state index contributed by atoms with van der Waals surface area (Å²) in [5, 5.41) is 13.3. The predicted octanol–water partition coefficient (Wildman–Crippen LogP) is 0.797. The van der Waals surface area contributed by atoms with Crippen molar-refractivity contribution in [2.24, 2.45) is 5.92 Å². The Balaban J connectivity index is 0.00000162. The van der Waals surface area contributed by atoms with E-state index in [-0.39, 0.29) is 24.4 Å². The van der Waals surface area contributed by atoms with E-state index in [1.807, 2.05) is 13.0 Å². The Hall–Kier alpha value is -1.07. The summed E-state index contributed by atoms with van der Waals surface area (Å²) in [6.45, 7) is 6.03. The maximum atomic E-state index is 11.8. The Morgan fingerprint density at radius 1 is 1.61 bits per heavy atom. The number of aryl methyl sites for hydroxylation is 1. The largest absolute Gasteiger partial charge is 0.351 e. The molecule has 1 saturated heterocycles. The van der Waals surface area contributed by atoms with Gasteiger partial charge >= 0.3 is 0 Å². The first-order valence-corrected chi connectivity index (χ1v) is 6.16. The van der Waals surface area contributed by atoms with Crippen LogP contribution in [0.15, 0.2) is 6.07 Å². The van der Waals surface area contributed by atoms with Crippen LogP contribution in [0.25, 0.3) is 0 Å². The highest BCUT2D eigenvalue weighted by molar-refractivity contribution is 5.85. The highest BCUT2D eigenvalue weighted by atomic mass is 35.5. The number of piperidine rings is 1. The highest BCUT2D eigenvalue weighted by Crippen LogP contribution is 2.11. The number of nitrogens with zero attached hydrogens (tertiary/aromatic N) is 1. The molecule has 0 bridgehead atoms. The van der Waals surface area contributed by atoms with Crippen LogP contribution in [0.3, 0.4) is 0 Å². The molecule has 1 aliphatic heterocycles. The number of nitrogens with one attached hydrogen (secondary N) is 3. The Bertz CT molecular complexity index is 393. The summed E-state index contributed by atoms with van der Waals surface area (Å²) >= 11 is 0. The topological polar surface area (TPSA) is 69.8 Å². The molecule has 0 aliphatic carbocycles. The van der Waals surface area contributed by atoms with Crippen molar-refractivity contribution in [1.29, 1.82) is 0 Å². The fraction of sp³-hybridized carbons (Fsp3) is 0.667. The number of halogens is 1. The van der Waals surface area contributed by atoms with Crippen LogP contribution in [-0.2, 0) is 11.2 Å². The van der Waals surface area contributed by atoms with Crippen LogP contribution < -0.4 is 10.6 Å². The van der Waals surface area contributed by atoms with Crippen LogP contribution in [0.2, 0.25) is 0 Å². The van der Waals surface area contributed by atoms with Crippen LogP contribution in [0, 0.1) is 12.8 Å². The number of amides is 1. The summed E-state index contributed by atoms with van der Waals surface area (Å²) < 4.78 is 0. The maximum absolute atomic E-state index is 11.8. The number of aromatic nitrogens is 2. The zero-order valence-electron chi connectivity index (χ0n) is 10.8. The van der Waals surface area contributed by atoms with Crippen molar-refractivity contribution in [3.8, 4) is 0 Å². The van der Waals surface area contributed by atoms with Gasteiger partial charge in [-0.3, -0.25) is 9.89 Å². The van der Waals surface area contributed by atoms with Gasteiger partial charge in [0.05, 0.1) is 12.1 Å². The quantitative estimate of drug-likeness (QED) is 0.762. The van der Waals surface area contributed by atoms with Crippen molar-refractivity contribution < 1.29 is 4.79 Å². The second-order valence-corrected chi connectivity index (χ2v) is 4.86. The van der Waals surface area contributed by atoms with Crippen molar-refractivity contribution in [1.82, 2.24) is 20.8 Å². The minimum absolute atomic E-state index is 0. The number of H-pyrrole nitrogens is 1. The van der Waals surface area contributed by atoms with Crippen molar-refractivity contribution in [3.05, 3.63) is 17.5 Å². The minimum Gasteiger partial charge on any atom is -0.351 e. The average molecular weight is 273 g/mol. The van der Waals surface area contributed by atoms with E-state index in [2.05, 4.69) is 27.8 Å². The lowest BCUT2D eigenvalue weighted by Crippen LogP contribution is -2.50. The number of carbonyl (C=O) groups excluding carboxylic acids is 1. The molecule has 5 nitrogen and oxygen atoms in total. The zero-order valence-corrected chi connectivity index (χ0v) is 11.6. The molecule has 0 saturated carbocycles. The molecule has 3 N–H and O–H groups in total. The third-order valence-corrected chi connectivity index (χ3v) is 3.27. The Morgan fingerprint density at radius 2 is 2.39 bits per heavy atom. The normalized spacial score (nSPS) is 23.2. The Morgan fingerprint density at radius 3 is 3.00 bits per heavy atom. The van der Waals surface area contributed by atoms with Gasteiger partial charge in [0, 0.05) is 18.3 Å². The molecule has 0 radical (unpaired) electrons. The number of rotatable bonds is 3. The molecule has 0 spiro atoms. The van der Waals surface area contributed by atoms with Gasteiger partial charge in [-0.1, -0.05) is 6.92 Å². The van der Waals surface area contributed by atoms with E-state index in [4.69, 9.17) is 0 Å². The van der Waals surface area contributed by atoms with Crippen molar-refractivity contribution in [3.63, 3.8) is 0 Å². The van der Waals surface area contributed by atoms with E-state index in [0.717, 1.165) is 30.9 Å². The van der Waals surface area contributed by atoms with E-state index in [0.29, 0.717) is 12.3 Å². The van der Waals surface area contributed by atoms with Gasteiger partial charge in [0.25, 0.3) is 0 Å². The van der Waals surface area contributed by atoms with Crippen LogP contribution in [0.4, 0.5) is 0 Å². The summed E-state index contributed by atoms with van der Waals surface area (Å²) in [4.78, 5) is 11.8.